The normalized spacial score (nSPS) is 15.5. The van der Waals surface area contributed by atoms with E-state index in [2.05, 4.69) is 21.2 Å². The number of nitrogens with one attached hydrogen (secondary N) is 3. The molecule has 4 N–H and O–H groups in total. The molecular weight excluding hydrogens is 480 g/mol. The third kappa shape index (κ3) is 6.24. The molecule has 0 aromatic heterocycles. The highest BCUT2D eigenvalue weighted by Crippen LogP contribution is 2.33. The van der Waals surface area contributed by atoms with E-state index < -0.39 is 17.9 Å². The van der Waals surface area contributed by atoms with Gasteiger partial charge in [0.15, 0.2) is 11.7 Å². The quantitative estimate of drug-likeness (QED) is 0.188. The molecule has 0 aliphatic carbocycles. The number of allylic oxidation sites excluding steroid dienone is 1. The molecule has 0 unspecified atom stereocenters. The van der Waals surface area contributed by atoms with E-state index in [1.54, 1.807) is 38.1 Å². The molecule has 0 fully saturated rings. The number of phenolic OH excluding ortho intramolecular Hbond substituents is 1. The lowest BCUT2D eigenvalue weighted by molar-refractivity contribution is -0.139. The SMILES string of the molecule is CCOC(=O)C1=C(C)NC(=S)N[C@@H]1c1ccccc1OCC(=O)NN=Cc1cc(Cl)ccc1O. The van der Waals surface area contributed by atoms with Gasteiger partial charge in [0.2, 0.25) is 0 Å². The number of hydrazone groups is 1. The first-order valence-electron chi connectivity index (χ1n) is 10.3. The summed E-state index contributed by atoms with van der Waals surface area (Å²) in [6, 6.07) is 10.8. The van der Waals surface area contributed by atoms with Crippen LogP contribution in [0.1, 0.15) is 31.0 Å². The van der Waals surface area contributed by atoms with E-state index >= 15 is 0 Å². The first kappa shape index (κ1) is 25.0. The molecule has 0 bridgehead atoms. The van der Waals surface area contributed by atoms with Crippen molar-refractivity contribution in [3.8, 4) is 11.5 Å². The average Bonchev–Trinajstić information content (AvgIpc) is 2.79. The van der Waals surface area contributed by atoms with Gasteiger partial charge in [-0.15, -0.1) is 0 Å². The smallest absolute Gasteiger partial charge is 0.338 e. The van der Waals surface area contributed by atoms with Gasteiger partial charge in [-0.2, -0.15) is 5.10 Å². The van der Waals surface area contributed by atoms with Crippen LogP contribution in [-0.2, 0) is 14.3 Å². The molecule has 0 saturated heterocycles. The number of para-hydroxylation sites is 1. The number of hydrogen-bond acceptors (Lipinski definition) is 7. The van der Waals surface area contributed by atoms with Crippen LogP contribution in [0, 0.1) is 0 Å². The number of amides is 1. The molecule has 0 radical (unpaired) electrons. The van der Waals surface area contributed by atoms with Crippen molar-refractivity contribution in [3.63, 3.8) is 0 Å². The van der Waals surface area contributed by atoms with Gasteiger partial charge < -0.3 is 25.2 Å². The van der Waals surface area contributed by atoms with E-state index in [0.717, 1.165) is 0 Å². The van der Waals surface area contributed by atoms with Crippen LogP contribution in [0.15, 0.2) is 58.8 Å². The lowest BCUT2D eigenvalue weighted by Gasteiger charge is -2.30. The minimum absolute atomic E-state index is 0.0271. The van der Waals surface area contributed by atoms with E-state index in [4.69, 9.17) is 33.3 Å². The second-order valence-electron chi connectivity index (χ2n) is 7.11. The Labute approximate surface area is 206 Å². The topological polar surface area (TPSA) is 121 Å². The maximum absolute atomic E-state index is 12.6. The first-order valence-corrected chi connectivity index (χ1v) is 11.1. The fraction of sp³-hybridized carbons (Fsp3) is 0.217. The molecule has 11 heteroatoms. The van der Waals surface area contributed by atoms with Crippen LogP contribution in [-0.4, -0.2) is 41.5 Å². The third-order valence-corrected chi connectivity index (χ3v) is 5.19. The molecule has 34 heavy (non-hydrogen) atoms. The minimum Gasteiger partial charge on any atom is -0.507 e. The number of ether oxygens (including phenoxy) is 2. The van der Waals surface area contributed by atoms with Gasteiger partial charge in [-0.25, -0.2) is 10.2 Å². The van der Waals surface area contributed by atoms with Gasteiger partial charge in [0.05, 0.1) is 24.4 Å². The van der Waals surface area contributed by atoms with Gasteiger partial charge in [-0.3, -0.25) is 4.79 Å². The predicted molar refractivity (Wildman–Crippen MR) is 132 cm³/mol. The zero-order valence-electron chi connectivity index (χ0n) is 18.4. The number of thiocarbonyl (C=S) groups is 1. The molecule has 0 saturated carbocycles. The van der Waals surface area contributed by atoms with Crippen molar-refractivity contribution in [2.75, 3.05) is 13.2 Å². The standard InChI is InChI=1S/C23H23ClN4O5S/c1-3-32-22(31)20-13(2)26-23(34)27-21(20)16-6-4-5-7-18(16)33-12-19(30)28-25-11-14-10-15(24)8-9-17(14)29/h4-11,21,29H,3,12H2,1-2H3,(H,28,30)(H2,26,27,34)/t21-/m1/s1. The van der Waals surface area contributed by atoms with Crippen LogP contribution >= 0.6 is 23.8 Å². The fourth-order valence-corrected chi connectivity index (χ4v) is 3.69. The molecule has 178 valence electrons. The van der Waals surface area contributed by atoms with Gasteiger partial charge in [0, 0.05) is 21.8 Å². The predicted octanol–water partition coefficient (Wildman–Crippen LogP) is 2.93. The Hall–Kier alpha value is -3.63. The number of benzene rings is 2. The summed E-state index contributed by atoms with van der Waals surface area (Å²) in [4.78, 5) is 24.8. The van der Waals surface area contributed by atoms with Gasteiger partial charge >= 0.3 is 5.97 Å². The van der Waals surface area contributed by atoms with E-state index in [1.165, 1.54) is 24.4 Å². The molecular formula is C23H23ClN4O5S. The number of aromatic hydroxyl groups is 1. The summed E-state index contributed by atoms with van der Waals surface area (Å²) in [7, 11) is 0. The highest BCUT2D eigenvalue weighted by atomic mass is 35.5. The van der Waals surface area contributed by atoms with Crippen molar-refractivity contribution >= 4 is 47.0 Å². The molecule has 1 atom stereocenters. The van der Waals surface area contributed by atoms with Gasteiger partial charge in [-0.05, 0) is 50.3 Å². The molecule has 1 aliphatic heterocycles. The van der Waals surface area contributed by atoms with Crippen molar-refractivity contribution < 1.29 is 24.2 Å². The average molecular weight is 503 g/mol. The summed E-state index contributed by atoms with van der Waals surface area (Å²) >= 11 is 11.2. The Morgan fingerprint density at radius 1 is 1.29 bits per heavy atom. The van der Waals surface area contributed by atoms with Crippen molar-refractivity contribution in [1.82, 2.24) is 16.1 Å². The summed E-state index contributed by atoms with van der Waals surface area (Å²) in [5.74, 6) is -0.663. The lowest BCUT2D eigenvalue weighted by Crippen LogP contribution is -2.45. The number of halogens is 1. The molecule has 1 aliphatic rings. The second-order valence-corrected chi connectivity index (χ2v) is 7.96. The third-order valence-electron chi connectivity index (χ3n) is 4.74. The minimum atomic E-state index is -0.629. The highest BCUT2D eigenvalue weighted by molar-refractivity contribution is 7.80. The van der Waals surface area contributed by atoms with Gasteiger partial charge in [0.25, 0.3) is 5.91 Å². The van der Waals surface area contributed by atoms with E-state index in [-0.39, 0.29) is 19.0 Å². The summed E-state index contributed by atoms with van der Waals surface area (Å²) in [5.41, 5.74) is 4.21. The number of phenols is 1. The van der Waals surface area contributed by atoms with E-state index in [9.17, 15) is 14.7 Å². The number of hydrogen-bond donors (Lipinski definition) is 4. The number of carbonyl (C=O) groups is 2. The zero-order valence-corrected chi connectivity index (χ0v) is 20.0. The number of rotatable bonds is 8. The largest absolute Gasteiger partial charge is 0.507 e. The second kappa shape index (κ2) is 11.5. The summed E-state index contributed by atoms with van der Waals surface area (Å²) in [6.45, 7) is 3.34. The van der Waals surface area contributed by atoms with Crippen LogP contribution in [0.2, 0.25) is 5.02 Å². The highest BCUT2D eigenvalue weighted by Gasteiger charge is 2.32. The molecule has 2 aromatic rings. The summed E-state index contributed by atoms with van der Waals surface area (Å²) < 4.78 is 10.9. The van der Waals surface area contributed by atoms with E-state index in [0.29, 0.717) is 38.3 Å². The maximum atomic E-state index is 12.6. The number of carbonyl (C=O) groups excluding carboxylic acids is 2. The molecule has 2 aromatic carbocycles. The molecule has 9 nitrogen and oxygen atoms in total. The number of nitrogens with zero attached hydrogens (tertiary/aromatic N) is 1. The monoisotopic (exact) mass is 502 g/mol. The summed E-state index contributed by atoms with van der Waals surface area (Å²) in [5, 5.41) is 20.4. The van der Waals surface area contributed by atoms with Crippen LogP contribution in [0.3, 0.4) is 0 Å². The molecule has 0 spiro atoms. The molecule has 1 amide bonds. The van der Waals surface area contributed by atoms with Crippen molar-refractivity contribution in [3.05, 3.63) is 69.9 Å². The van der Waals surface area contributed by atoms with Gasteiger partial charge in [0.1, 0.15) is 11.5 Å². The van der Waals surface area contributed by atoms with Crippen molar-refractivity contribution in [1.29, 1.82) is 0 Å². The Balaban J connectivity index is 1.72. The maximum Gasteiger partial charge on any atom is 0.338 e. The Morgan fingerprint density at radius 2 is 2.06 bits per heavy atom. The zero-order chi connectivity index (χ0) is 24.7. The van der Waals surface area contributed by atoms with Gasteiger partial charge in [-0.1, -0.05) is 29.8 Å². The first-order chi connectivity index (χ1) is 16.3. The van der Waals surface area contributed by atoms with Crippen LogP contribution in [0.5, 0.6) is 11.5 Å². The fourth-order valence-electron chi connectivity index (χ4n) is 3.24. The lowest BCUT2D eigenvalue weighted by atomic mass is 9.95. The molecule has 3 rings (SSSR count). The van der Waals surface area contributed by atoms with Crippen LogP contribution in [0.4, 0.5) is 0 Å². The van der Waals surface area contributed by atoms with Crippen LogP contribution in [0.25, 0.3) is 0 Å². The molecule has 1 heterocycles. The Kier molecular flexibility index (Phi) is 8.44. The van der Waals surface area contributed by atoms with E-state index in [1.807, 2.05) is 0 Å². The Bertz CT molecular complexity index is 1170. The van der Waals surface area contributed by atoms with Crippen molar-refractivity contribution in [2.24, 2.45) is 5.10 Å². The Morgan fingerprint density at radius 3 is 2.82 bits per heavy atom. The summed E-state index contributed by atoms with van der Waals surface area (Å²) in [6.07, 6.45) is 1.27. The number of esters is 1. The van der Waals surface area contributed by atoms with Crippen molar-refractivity contribution in [2.45, 2.75) is 19.9 Å². The van der Waals surface area contributed by atoms with Crippen LogP contribution < -0.4 is 20.8 Å².